The highest BCUT2D eigenvalue weighted by molar-refractivity contribution is 5.58. The smallest absolute Gasteiger partial charge is 0.299 e. The maximum absolute atomic E-state index is 12.6. The van der Waals surface area contributed by atoms with Crippen LogP contribution in [0.1, 0.15) is 45.6 Å². The van der Waals surface area contributed by atoms with Crippen molar-refractivity contribution in [3.63, 3.8) is 0 Å². The molecule has 2 heterocycles. The van der Waals surface area contributed by atoms with Crippen molar-refractivity contribution in [2.75, 3.05) is 13.1 Å². The van der Waals surface area contributed by atoms with Crippen molar-refractivity contribution in [3.05, 3.63) is 42.1 Å². The molecule has 1 aromatic carbocycles. The summed E-state index contributed by atoms with van der Waals surface area (Å²) in [5.41, 5.74) is 2.20. The van der Waals surface area contributed by atoms with Gasteiger partial charge in [0.2, 0.25) is 0 Å². The fourth-order valence-corrected chi connectivity index (χ4v) is 3.28. The van der Waals surface area contributed by atoms with Crippen LogP contribution in [0.15, 0.2) is 36.5 Å². The monoisotopic (exact) mass is 392 g/mol. The van der Waals surface area contributed by atoms with Crippen LogP contribution < -0.4 is 0 Å². The Kier molecular flexibility index (Phi) is 7.25. The van der Waals surface area contributed by atoms with Crippen LogP contribution in [0.5, 0.6) is 0 Å². The SMILES string of the molecule is CC.CC1(CC#N)CCN(Cc2ccc(-c3ccn(C(F)(F)F)n3)cc2)CC1. The van der Waals surface area contributed by atoms with Crippen LogP contribution in [0, 0.1) is 16.7 Å². The molecule has 7 heteroatoms. The summed E-state index contributed by atoms with van der Waals surface area (Å²) in [7, 11) is 0. The molecule has 4 nitrogen and oxygen atoms in total. The third-order valence-corrected chi connectivity index (χ3v) is 5.07. The summed E-state index contributed by atoms with van der Waals surface area (Å²) in [4.78, 5) is 2.35. The molecule has 28 heavy (non-hydrogen) atoms. The van der Waals surface area contributed by atoms with Gasteiger partial charge in [-0.3, -0.25) is 4.90 Å². The van der Waals surface area contributed by atoms with E-state index in [1.165, 1.54) is 6.07 Å². The number of hydrogen-bond donors (Lipinski definition) is 0. The second kappa shape index (κ2) is 9.24. The number of nitrogens with zero attached hydrogens (tertiary/aromatic N) is 4. The van der Waals surface area contributed by atoms with Crippen LogP contribution in [-0.4, -0.2) is 27.8 Å². The Balaban J connectivity index is 0.00000136. The first-order valence-corrected chi connectivity index (χ1v) is 9.61. The predicted molar refractivity (Wildman–Crippen MR) is 103 cm³/mol. The molecule has 0 aliphatic carbocycles. The first-order valence-electron chi connectivity index (χ1n) is 9.61. The number of nitriles is 1. The Morgan fingerprint density at radius 1 is 1.11 bits per heavy atom. The van der Waals surface area contributed by atoms with E-state index >= 15 is 0 Å². The fourth-order valence-electron chi connectivity index (χ4n) is 3.28. The van der Waals surface area contributed by atoms with Crippen molar-refractivity contribution in [2.45, 2.75) is 52.9 Å². The van der Waals surface area contributed by atoms with Gasteiger partial charge in [0, 0.05) is 24.7 Å². The van der Waals surface area contributed by atoms with Gasteiger partial charge in [0.05, 0.1) is 11.8 Å². The Hall–Kier alpha value is -2.33. The molecule has 1 aromatic heterocycles. The van der Waals surface area contributed by atoms with Gasteiger partial charge in [0.25, 0.3) is 0 Å². The molecule has 0 bridgehead atoms. The minimum absolute atomic E-state index is 0.0161. The standard InChI is InChI=1S/C19H21F3N4.C2H6/c1-18(7-10-23)8-12-25(13-9-18)14-15-2-4-16(5-3-15)17-6-11-26(24-17)19(20,21)22;1-2/h2-6,11H,7-9,12-14H2,1H3;1-2H3. The number of halogens is 3. The lowest BCUT2D eigenvalue weighted by Crippen LogP contribution is -2.38. The van der Waals surface area contributed by atoms with Gasteiger partial charge >= 0.3 is 6.30 Å². The first-order chi connectivity index (χ1) is 13.3. The van der Waals surface area contributed by atoms with Gasteiger partial charge in [-0.15, -0.1) is 13.2 Å². The molecule has 0 spiro atoms. The molecule has 152 valence electrons. The normalized spacial score (nSPS) is 16.8. The van der Waals surface area contributed by atoms with E-state index in [0.29, 0.717) is 17.7 Å². The average molecular weight is 392 g/mol. The van der Waals surface area contributed by atoms with E-state index in [9.17, 15) is 13.2 Å². The molecule has 3 rings (SSSR count). The Morgan fingerprint density at radius 3 is 2.21 bits per heavy atom. The highest BCUT2D eigenvalue weighted by Gasteiger charge is 2.32. The van der Waals surface area contributed by atoms with Crippen LogP contribution >= 0.6 is 0 Å². The number of aromatic nitrogens is 2. The van der Waals surface area contributed by atoms with Crippen LogP contribution in [0.4, 0.5) is 13.2 Å². The molecule has 0 saturated carbocycles. The summed E-state index contributed by atoms with van der Waals surface area (Å²) >= 11 is 0. The van der Waals surface area contributed by atoms with Gasteiger partial charge < -0.3 is 0 Å². The van der Waals surface area contributed by atoms with E-state index in [1.807, 2.05) is 38.1 Å². The first kappa shape index (κ1) is 22.0. The lowest BCUT2D eigenvalue weighted by Gasteiger charge is -2.38. The maximum Gasteiger partial charge on any atom is 0.504 e. The summed E-state index contributed by atoms with van der Waals surface area (Å²) in [6, 6.07) is 11.1. The van der Waals surface area contributed by atoms with Crippen LogP contribution in [0.3, 0.4) is 0 Å². The van der Waals surface area contributed by atoms with Gasteiger partial charge in [-0.05, 0) is 43.0 Å². The Labute approximate surface area is 164 Å². The zero-order valence-corrected chi connectivity index (χ0v) is 16.6. The molecular formula is C21H27F3N4. The highest BCUT2D eigenvalue weighted by atomic mass is 19.4. The maximum atomic E-state index is 12.6. The third kappa shape index (κ3) is 5.59. The second-order valence-electron chi connectivity index (χ2n) is 7.23. The zero-order chi connectivity index (χ0) is 20.8. The molecule has 1 aliphatic heterocycles. The Bertz CT molecular complexity index is 779. The fraction of sp³-hybridized carbons (Fsp3) is 0.524. The second-order valence-corrected chi connectivity index (χ2v) is 7.23. The highest BCUT2D eigenvalue weighted by Crippen LogP contribution is 2.34. The van der Waals surface area contributed by atoms with Gasteiger partial charge in [-0.2, -0.15) is 15.0 Å². The summed E-state index contributed by atoms with van der Waals surface area (Å²) in [6.07, 6.45) is -0.955. The molecule has 0 N–H and O–H groups in total. The van der Waals surface area contributed by atoms with Gasteiger partial charge in [-0.1, -0.05) is 45.0 Å². The average Bonchev–Trinajstić information content (AvgIpc) is 3.17. The quantitative estimate of drug-likeness (QED) is 0.683. The van der Waals surface area contributed by atoms with Crippen molar-refractivity contribution in [3.8, 4) is 17.3 Å². The van der Waals surface area contributed by atoms with Crippen LogP contribution in [-0.2, 0) is 12.8 Å². The van der Waals surface area contributed by atoms with Gasteiger partial charge in [0.1, 0.15) is 0 Å². The minimum Gasteiger partial charge on any atom is -0.299 e. The molecule has 0 atom stereocenters. The summed E-state index contributed by atoms with van der Waals surface area (Å²) in [5, 5.41) is 12.5. The van der Waals surface area contributed by atoms with Crippen molar-refractivity contribution < 1.29 is 13.2 Å². The summed E-state index contributed by atoms with van der Waals surface area (Å²) < 4.78 is 37.9. The van der Waals surface area contributed by atoms with E-state index < -0.39 is 6.30 Å². The topological polar surface area (TPSA) is 44.9 Å². The van der Waals surface area contributed by atoms with E-state index in [2.05, 4.69) is 23.0 Å². The predicted octanol–water partition coefficient (Wildman–Crippen LogP) is 5.57. The van der Waals surface area contributed by atoms with Crippen molar-refractivity contribution in [1.29, 1.82) is 5.26 Å². The summed E-state index contributed by atoms with van der Waals surface area (Å²) in [6.45, 7) is 8.88. The van der Waals surface area contributed by atoms with E-state index in [1.54, 1.807) is 0 Å². The molecule has 0 amide bonds. The number of alkyl halides is 3. The molecule has 0 radical (unpaired) electrons. The lowest BCUT2D eigenvalue weighted by molar-refractivity contribution is -0.212. The van der Waals surface area contributed by atoms with Crippen LogP contribution in [0.25, 0.3) is 11.3 Å². The van der Waals surface area contributed by atoms with Gasteiger partial charge in [0.15, 0.2) is 0 Å². The molecular weight excluding hydrogens is 365 g/mol. The van der Waals surface area contributed by atoms with Crippen molar-refractivity contribution in [2.24, 2.45) is 5.41 Å². The molecule has 1 saturated heterocycles. The minimum atomic E-state index is -4.49. The molecule has 1 aliphatic rings. The number of rotatable bonds is 4. The number of piperidine rings is 1. The number of benzene rings is 1. The van der Waals surface area contributed by atoms with Crippen molar-refractivity contribution in [1.82, 2.24) is 14.7 Å². The van der Waals surface area contributed by atoms with Gasteiger partial charge in [-0.25, -0.2) is 0 Å². The molecule has 2 aromatic rings. The number of hydrogen-bond acceptors (Lipinski definition) is 3. The largest absolute Gasteiger partial charge is 0.504 e. The zero-order valence-electron chi connectivity index (χ0n) is 16.6. The third-order valence-electron chi connectivity index (χ3n) is 5.07. The lowest BCUT2D eigenvalue weighted by atomic mass is 9.78. The number of likely N-dealkylation sites (tertiary alicyclic amines) is 1. The Morgan fingerprint density at radius 2 is 1.71 bits per heavy atom. The van der Waals surface area contributed by atoms with E-state index in [0.717, 1.165) is 44.2 Å². The molecule has 0 unspecified atom stereocenters. The van der Waals surface area contributed by atoms with Crippen LogP contribution in [0.2, 0.25) is 0 Å². The molecule has 1 fully saturated rings. The summed E-state index contributed by atoms with van der Waals surface area (Å²) in [5.74, 6) is 0. The van der Waals surface area contributed by atoms with E-state index in [4.69, 9.17) is 5.26 Å². The van der Waals surface area contributed by atoms with Crippen molar-refractivity contribution >= 4 is 0 Å². The van der Waals surface area contributed by atoms with E-state index in [-0.39, 0.29) is 10.1 Å².